The van der Waals surface area contributed by atoms with Crippen LogP contribution < -0.4 is 15.5 Å². The van der Waals surface area contributed by atoms with Gasteiger partial charge in [0.15, 0.2) is 0 Å². The van der Waals surface area contributed by atoms with Crippen molar-refractivity contribution in [1.29, 1.82) is 0 Å². The zero-order valence-electron chi connectivity index (χ0n) is 22.4. The molecule has 3 amide bonds. The largest absolute Gasteiger partial charge is 0.378 e. The smallest absolute Gasteiger partial charge is 0.317 e. The third-order valence-corrected chi connectivity index (χ3v) is 7.61. The fraction of sp³-hybridized carbons (Fsp3) is 0.433. The van der Waals surface area contributed by atoms with Gasteiger partial charge in [-0.1, -0.05) is 37.3 Å². The molecule has 2 aromatic carbocycles. The number of piperidine rings is 1. The Bertz CT molecular complexity index is 1250. The van der Waals surface area contributed by atoms with Crippen molar-refractivity contribution in [2.75, 3.05) is 29.9 Å². The van der Waals surface area contributed by atoms with E-state index in [4.69, 9.17) is 0 Å². The second-order valence-corrected chi connectivity index (χ2v) is 10.3. The van der Waals surface area contributed by atoms with Gasteiger partial charge in [0, 0.05) is 55.2 Å². The SMILES string of the molecule is CCC(=O)N1c2ccccc2[C@H](Nc2ccc(-c3cnn(CCNC(=O)N4CCCCC4)c3)cc2)C[C@@H]1C. The topological polar surface area (TPSA) is 82.5 Å². The van der Waals surface area contributed by atoms with Gasteiger partial charge in [-0.25, -0.2) is 4.79 Å². The molecular weight excluding hydrogens is 476 g/mol. The zero-order chi connectivity index (χ0) is 26.5. The predicted molar refractivity (Wildman–Crippen MR) is 151 cm³/mol. The molecule has 1 fully saturated rings. The van der Waals surface area contributed by atoms with Gasteiger partial charge in [-0.05, 0) is 61.9 Å². The number of para-hydroxylation sites is 1. The highest BCUT2D eigenvalue weighted by Crippen LogP contribution is 2.39. The Hall–Kier alpha value is -3.81. The number of carbonyl (C=O) groups excluding carboxylic acids is 2. The number of fused-ring (bicyclic) bond motifs is 1. The van der Waals surface area contributed by atoms with Crippen molar-refractivity contribution in [3.8, 4) is 11.1 Å². The van der Waals surface area contributed by atoms with E-state index in [0.29, 0.717) is 19.5 Å². The number of benzene rings is 2. The second kappa shape index (κ2) is 11.7. The van der Waals surface area contributed by atoms with Crippen molar-refractivity contribution >= 4 is 23.3 Å². The summed E-state index contributed by atoms with van der Waals surface area (Å²) in [4.78, 5) is 28.8. The van der Waals surface area contributed by atoms with Crippen LogP contribution in [0.15, 0.2) is 60.9 Å². The summed E-state index contributed by atoms with van der Waals surface area (Å²) in [6.45, 7) is 6.94. The summed E-state index contributed by atoms with van der Waals surface area (Å²) in [7, 11) is 0. The fourth-order valence-electron chi connectivity index (χ4n) is 5.58. The highest BCUT2D eigenvalue weighted by atomic mass is 16.2. The maximum atomic E-state index is 12.6. The molecule has 38 heavy (non-hydrogen) atoms. The van der Waals surface area contributed by atoms with Gasteiger partial charge in [-0.15, -0.1) is 0 Å². The molecule has 3 heterocycles. The fourth-order valence-corrected chi connectivity index (χ4v) is 5.58. The third kappa shape index (κ3) is 5.69. The molecule has 0 aliphatic carbocycles. The Labute approximate surface area is 225 Å². The Balaban J connectivity index is 1.19. The average Bonchev–Trinajstić information content (AvgIpc) is 3.42. The van der Waals surface area contributed by atoms with E-state index >= 15 is 0 Å². The molecule has 1 saturated heterocycles. The molecule has 8 heteroatoms. The van der Waals surface area contributed by atoms with Crippen LogP contribution >= 0.6 is 0 Å². The number of hydrogen-bond donors (Lipinski definition) is 2. The number of anilines is 2. The van der Waals surface area contributed by atoms with E-state index in [2.05, 4.69) is 53.0 Å². The predicted octanol–water partition coefficient (Wildman–Crippen LogP) is 5.43. The molecular formula is C30H38N6O2. The molecule has 0 bridgehead atoms. The van der Waals surface area contributed by atoms with Crippen LogP contribution in [0.3, 0.4) is 0 Å². The molecule has 2 aliphatic heterocycles. The lowest BCUT2D eigenvalue weighted by Crippen LogP contribution is -2.44. The van der Waals surface area contributed by atoms with Crippen LogP contribution in [-0.4, -0.2) is 52.3 Å². The molecule has 8 nitrogen and oxygen atoms in total. The van der Waals surface area contributed by atoms with Crippen molar-refractivity contribution < 1.29 is 9.59 Å². The molecule has 2 atom stereocenters. The van der Waals surface area contributed by atoms with Crippen molar-refractivity contribution in [1.82, 2.24) is 20.0 Å². The van der Waals surface area contributed by atoms with E-state index in [1.165, 1.54) is 6.42 Å². The number of nitrogens with zero attached hydrogens (tertiary/aromatic N) is 4. The minimum Gasteiger partial charge on any atom is -0.378 e. The Kier molecular flexibility index (Phi) is 7.96. The van der Waals surface area contributed by atoms with Crippen molar-refractivity contribution in [2.24, 2.45) is 0 Å². The Morgan fingerprint density at radius 2 is 1.76 bits per heavy atom. The Morgan fingerprint density at radius 1 is 1.00 bits per heavy atom. The summed E-state index contributed by atoms with van der Waals surface area (Å²) < 4.78 is 1.88. The summed E-state index contributed by atoms with van der Waals surface area (Å²) in [6, 6.07) is 16.9. The average molecular weight is 515 g/mol. The molecule has 2 aliphatic rings. The van der Waals surface area contributed by atoms with Crippen LogP contribution in [-0.2, 0) is 11.3 Å². The summed E-state index contributed by atoms with van der Waals surface area (Å²) >= 11 is 0. The number of carbonyl (C=O) groups is 2. The normalized spacial score (nSPS) is 19.1. The number of amides is 3. The van der Waals surface area contributed by atoms with Gasteiger partial charge >= 0.3 is 6.03 Å². The number of aromatic nitrogens is 2. The van der Waals surface area contributed by atoms with Crippen LogP contribution in [0, 0.1) is 0 Å². The van der Waals surface area contributed by atoms with E-state index in [9.17, 15) is 9.59 Å². The minimum atomic E-state index is 0.0276. The first-order chi connectivity index (χ1) is 18.5. The molecule has 0 unspecified atom stereocenters. The number of urea groups is 1. The highest BCUT2D eigenvalue weighted by Gasteiger charge is 2.32. The molecule has 1 aromatic heterocycles. The van der Waals surface area contributed by atoms with E-state index in [0.717, 1.165) is 60.4 Å². The van der Waals surface area contributed by atoms with Gasteiger partial charge < -0.3 is 20.4 Å². The van der Waals surface area contributed by atoms with Crippen LogP contribution in [0.25, 0.3) is 11.1 Å². The van der Waals surface area contributed by atoms with Crippen LogP contribution in [0.1, 0.15) is 57.6 Å². The lowest BCUT2D eigenvalue weighted by Gasteiger charge is -2.40. The Morgan fingerprint density at radius 3 is 2.53 bits per heavy atom. The van der Waals surface area contributed by atoms with Gasteiger partial charge in [-0.3, -0.25) is 9.48 Å². The van der Waals surface area contributed by atoms with Crippen LogP contribution in [0.2, 0.25) is 0 Å². The van der Waals surface area contributed by atoms with Gasteiger partial charge in [0.1, 0.15) is 0 Å². The van der Waals surface area contributed by atoms with Crippen molar-refractivity contribution in [3.63, 3.8) is 0 Å². The van der Waals surface area contributed by atoms with E-state index < -0.39 is 0 Å². The van der Waals surface area contributed by atoms with Gasteiger partial charge in [0.25, 0.3) is 0 Å². The summed E-state index contributed by atoms with van der Waals surface area (Å²) in [5, 5.41) is 11.2. The molecule has 0 saturated carbocycles. The van der Waals surface area contributed by atoms with Crippen LogP contribution in [0.4, 0.5) is 16.2 Å². The van der Waals surface area contributed by atoms with Gasteiger partial charge in [0.05, 0.1) is 18.8 Å². The monoisotopic (exact) mass is 514 g/mol. The number of rotatable bonds is 7. The first-order valence-corrected chi connectivity index (χ1v) is 13.9. The molecule has 0 radical (unpaired) electrons. The van der Waals surface area contributed by atoms with E-state index in [1.807, 2.05) is 52.0 Å². The summed E-state index contributed by atoms with van der Waals surface area (Å²) in [6.07, 6.45) is 8.64. The van der Waals surface area contributed by atoms with Gasteiger partial charge in [-0.2, -0.15) is 5.10 Å². The second-order valence-electron chi connectivity index (χ2n) is 10.3. The molecule has 200 valence electrons. The summed E-state index contributed by atoms with van der Waals surface area (Å²) in [5.74, 6) is 0.165. The quantitative estimate of drug-likeness (QED) is 0.440. The lowest BCUT2D eigenvalue weighted by molar-refractivity contribution is -0.118. The highest BCUT2D eigenvalue weighted by molar-refractivity contribution is 5.95. The molecule has 2 N–H and O–H groups in total. The lowest BCUT2D eigenvalue weighted by atomic mass is 9.91. The van der Waals surface area contributed by atoms with Crippen molar-refractivity contribution in [3.05, 3.63) is 66.5 Å². The zero-order valence-corrected chi connectivity index (χ0v) is 22.4. The first kappa shape index (κ1) is 25.8. The molecule has 3 aromatic rings. The molecule has 0 spiro atoms. The number of nitrogens with one attached hydrogen (secondary N) is 2. The molecule has 5 rings (SSSR count). The maximum Gasteiger partial charge on any atom is 0.317 e. The maximum absolute atomic E-state index is 12.6. The van der Waals surface area contributed by atoms with Crippen LogP contribution in [0.5, 0.6) is 0 Å². The number of likely N-dealkylation sites (tertiary alicyclic amines) is 1. The summed E-state index contributed by atoms with van der Waals surface area (Å²) in [5.41, 5.74) is 5.35. The standard InChI is InChI=1S/C30H38N6O2/c1-3-29(37)36-22(2)19-27(26-9-5-6-10-28(26)36)33-25-13-11-23(12-14-25)24-20-32-35(21-24)18-15-31-30(38)34-16-7-4-8-17-34/h5-6,9-14,20-22,27,33H,3-4,7-8,15-19H2,1-2H3,(H,31,38)/t22-,27+/m0/s1. The van der Waals surface area contributed by atoms with E-state index in [-0.39, 0.29) is 24.0 Å². The number of hydrogen-bond acceptors (Lipinski definition) is 4. The minimum absolute atomic E-state index is 0.0276. The van der Waals surface area contributed by atoms with Crippen molar-refractivity contribution in [2.45, 2.75) is 64.6 Å². The first-order valence-electron chi connectivity index (χ1n) is 13.9. The third-order valence-electron chi connectivity index (χ3n) is 7.61. The van der Waals surface area contributed by atoms with E-state index in [1.54, 1.807) is 0 Å². The van der Waals surface area contributed by atoms with Gasteiger partial charge in [0.2, 0.25) is 5.91 Å².